The lowest BCUT2D eigenvalue weighted by atomic mass is 10.3. The average molecular weight is 332 g/mol. The largest absolute Gasteiger partial charge is 0.484 e. The quantitative estimate of drug-likeness (QED) is 0.772. The van der Waals surface area contributed by atoms with Crippen LogP contribution in [0.1, 0.15) is 30.0 Å². The highest BCUT2D eigenvalue weighted by atomic mass is 79.9. The Kier molecular flexibility index (Phi) is 4.60. The molecule has 2 aromatic rings. The molecule has 18 heavy (non-hydrogen) atoms. The van der Waals surface area contributed by atoms with E-state index in [1.54, 1.807) is 24.3 Å². The molecule has 1 aromatic heterocycles. The van der Waals surface area contributed by atoms with Crippen LogP contribution in [0.25, 0.3) is 0 Å². The van der Waals surface area contributed by atoms with E-state index >= 15 is 0 Å². The van der Waals surface area contributed by atoms with E-state index in [9.17, 15) is 0 Å². The van der Waals surface area contributed by atoms with E-state index in [2.05, 4.69) is 26.1 Å². The van der Waals surface area contributed by atoms with Crippen LogP contribution in [0.5, 0.6) is 5.75 Å². The van der Waals surface area contributed by atoms with Crippen molar-refractivity contribution in [1.29, 1.82) is 0 Å². The second-order valence-corrected chi connectivity index (χ2v) is 5.19. The Hall–Kier alpha value is -1.07. The maximum absolute atomic E-state index is 5.78. The lowest BCUT2D eigenvalue weighted by Crippen LogP contribution is -1.95. The van der Waals surface area contributed by atoms with Crippen LogP contribution in [0.3, 0.4) is 0 Å². The molecule has 96 valence electrons. The van der Waals surface area contributed by atoms with E-state index in [1.165, 1.54) is 0 Å². The fourth-order valence-electron chi connectivity index (χ4n) is 1.30. The van der Waals surface area contributed by atoms with Crippen molar-refractivity contribution < 1.29 is 9.15 Å². The van der Waals surface area contributed by atoms with Crippen molar-refractivity contribution in [3.8, 4) is 5.75 Å². The SMILES string of the molecule is CCC(Br)c1nnc(COc2ccc(Cl)cc2)o1. The first-order valence-corrected chi connectivity index (χ1v) is 6.83. The van der Waals surface area contributed by atoms with E-state index in [-0.39, 0.29) is 11.4 Å². The van der Waals surface area contributed by atoms with Gasteiger partial charge in [0.2, 0.25) is 5.89 Å². The first-order valence-electron chi connectivity index (χ1n) is 5.53. The van der Waals surface area contributed by atoms with Crippen molar-refractivity contribution >= 4 is 27.5 Å². The fourth-order valence-corrected chi connectivity index (χ4v) is 1.61. The lowest BCUT2D eigenvalue weighted by Gasteiger charge is -2.02. The number of aromatic nitrogens is 2. The third-order valence-electron chi connectivity index (χ3n) is 2.28. The van der Waals surface area contributed by atoms with Gasteiger partial charge in [0.25, 0.3) is 5.89 Å². The van der Waals surface area contributed by atoms with E-state index in [0.717, 1.165) is 6.42 Å². The number of hydrogen-bond donors (Lipinski definition) is 0. The van der Waals surface area contributed by atoms with Crippen LogP contribution in [0.4, 0.5) is 0 Å². The van der Waals surface area contributed by atoms with Crippen LogP contribution in [0.2, 0.25) is 5.02 Å². The first-order chi connectivity index (χ1) is 8.69. The van der Waals surface area contributed by atoms with Gasteiger partial charge in [-0.2, -0.15) is 0 Å². The minimum Gasteiger partial charge on any atom is -0.484 e. The van der Waals surface area contributed by atoms with Crippen LogP contribution in [-0.4, -0.2) is 10.2 Å². The molecule has 0 spiro atoms. The van der Waals surface area contributed by atoms with E-state index < -0.39 is 0 Å². The van der Waals surface area contributed by atoms with Gasteiger partial charge in [-0.25, -0.2) is 0 Å². The smallest absolute Gasteiger partial charge is 0.253 e. The Morgan fingerprint density at radius 3 is 2.72 bits per heavy atom. The number of halogens is 2. The summed E-state index contributed by atoms with van der Waals surface area (Å²) < 4.78 is 11.0. The Bertz CT molecular complexity index is 501. The molecule has 0 aliphatic rings. The molecule has 0 aliphatic heterocycles. The van der Waals surface area contributed by atoms with Crippen molar-refractivity contribution in [3.05, 3.63) is 41.1 Å². The van der Waals surface area contributed by atoms with E-state index in [1.807, 2.05) is 6.92 Å². The molecule has 0 fully saturated rings. The Balaban J connectivity index is 1.94. The lowest BCUT2D eigenvalue weighted by molar-refractivity contribution is 0.258. The van der Waals surface area contributed by atoms with Gasteiger partial charge in [0.1, 0.15) is 5.75 Å². The number of ether oxygens (including phenoxy) is 1. The fraction of sp³-hybridized carbons (Fsp3) is 0.333. The maximum Gasteiger partial charge on any atom is 0.253 e. The normalized spacial score (nSPS) is 12.4. The van der Waals surface area contributed by atoms with Gasteiger partial charge in [-0.1, -0.05) is 34.5 Å². The van der Waals surface area contributed by atoms with Crippen molar-refractivity contribution in [2.24, 2.45) is 0 Å². The second kappa shape index (κ2) is 6.20. The molecule has 0 radical (unpaired) electrons. The van der Waals surface area contributed by atoms with Gasteiger partial charge in [-0.05, 0) is 30.7 Å². The zero-order chi connectivity index (χ0) is 13.0. The number of benzene rings is 1. The molecule has 4 nitrogen and oxygen atoms in total. The minimum atomic E-state index is 0.0919. The topological polar surface area (TPSA) is 48.2 Å². The summed E-state index contributed by atoms with van der Waals surface area (Å²) in [6.45, 7) is 2.28. The van der Waals surface area contributed by atoms with Gasteiger partial charge in [-0.3, -0.25) is 0 Å². The van der Waals surface area contributed by atoms with Crippen molar-refractivity contribution in [3.63, 3.8) is 0 Å². The summed E-state index contributed by atoms with van der Waals surface area (Å²) in [5.41, 5.74) is 0. The standard InChI is InChI=1S/C12H12BrClN2O2/c1-2-10(13)12-16-15-11(18-12)7-17-9-5-3-8(14)4-6-9/h3-6,10H,2,7H2,1H3. The van der Waals surface area contributed by atoms with Crippen molar-refractivity contribution in [1.82, 2.24) is 10.2 Å². The highest BCUT2D eigenvalue weighted by molar-refractivity contribution is 9.09. The zero-order valence-electron chi connectivity index (χ0n) is 9.77. The van der Waals surface area contributed by atoms with Gasteiger partial charge in [0.05, 0.1) is 4.83 Å². The Morgan fingerprint density at radius 2 is 2.06 bits per heavy atom. The van der Waals surface area contributed by atoms with Gasteiger partial charge in [0.15, 0.2) is 6.61 Å². The van der Waals surface area contributed by atoms with E-state index in [0.29, 0.717) is 22.6 Å². The van der Waals surface area contributed by atoms with E-state index in [4.69, 9.17) is 20.8 Å². The number of alkyl halides is 1. The molecular weight excluding hydrogens is 320 g/mol. The van der Waals surface area contributed by atoms with Crippen LogP contribution < -0.4 is 4.74 Å². The highest BCUT2D eigenvalue weighted by Gasteiger charge is 2.13. The molecule has 1 heterocycles. The minimum absolute atomic E-state index is 0.0919. The maximum atomic E-state index is 5.78. The van der Waals surface area contributed by atoms with Crippen molar-refractivity contribution in [2.45, 2.75) is 24.8 Å². The predicted octanol–water partition coefficient (Wildman–Crippen LogP) is 4.15. The summed E-state index contributed by atoms with van der Waals surface area (Å²) in [5.74, 6) is 1.75. The molecule has 0 N–H and O–H groups in total. The summed E-state index contributed by atoms with van der Waals surface area (Å²) in [4.78, 5) is 0.0919. The van der Waals surface area contributed by atoms with Crippen LogP contribution in [0, 0.1) is 0 Å². The monoisotopic (exact) mass is 330 g/mol. The van der Waals surface area contributed by atoms with Crippen LogP contribution in [0.15, 0.2) is 28.7 Å². The van der Waals surface area contributed by atoms with Gasteiger partial charge < -0.3 is 9.15 Å². The third-order valence-corrected chi connectivity index (χ3v) is 3.58. The Morgan fingerprint density at radius 1 is 1.33 bits per heavy atom. The number of hydrogen-bond acceptors (Lipinski definition) is 4. The molecule has 0 saturated heterocycles. The third kappa shape index (κ3) is 3.46. The molecule has 6 heteroatoms. The summed E-state index contributed by atoms with van der Waals surface area (Å²) in [5, 5.41) is 8.54. The van der Waals surface area contributed by atoms with Crippen LogP contribution >= 0.6 is 27.5 Å². The molecule has 1 aromatic carbocycles. The summed E-state index contributed by atoms with van der Waals surface area (Å²) in [7, 11) is 0. The molecule has 0 bridgehead atoms. The first kappa shape index (κ1) is 13.4. The Labute approximate surface area is 118 Å². The number of nitrogens with zero attached hydrogens (tertiary/aromatic N) is 2. The summed E-state index contributed by atoms with van der Waals surface area (Å²) in [6, 6.07) is 7.11. The molecule has 1 unspecified atom stereocenters. The average Bonchev–Trinajstić information content (AvgIpc) is 2.86. The number of rotatable bonds is 5. The zero-order valence-corrected chi connectivity index (χ0v) is 12.1. The molecular formula is C12H12BrClN2O2. The predicted molar refractivity (Wildman–Crippen MR) is 72.0 cm³/mol. The van der Waals surface area contributed by atoms with Gasteiger partial charge in [0, 0.05) is 5.02 Å². The molecule has 2 rings (SSSR count). The summed E-state index contributed by atoms with van der Waals surface area (Å²) in [6.07, 6.45) is 0.889. The molecule has 0 amide bonds. The van der Waals surface area contributed by atoms with Crippen LogP contribution in [-0.2, 0) is 6.61 Å². The molecule has 0 aliphatic carbocycles. The molecule has 0 saturated carbocycles. The molecule has 1 atom stereocenters. The summed E-state index contributed by atoms with van der Waals surface area (Å²) >= 11 is 9.23. The van der Waals surface area contributed by atoms with Gasteiger partial charge in [-0.15, -0.1) is 10.2 Å². The van der Waals surface area contributed by atoms with Gasteiger partial charge >= 0.3 is 0 Å². The highest BCUT2D eigenvalue weighted by Crippen LogP contribution is 2.24. The van der Waals surface area contributed by atoms with Crippen molar-refractivity contribution in [2.75, 3.05) is 0 Å². The second-order valence-electron chi connectivity index (χ2n) is 3.65.